The maximum absolute atomic E-state index is 12.7. The Kier molecular flexibility index (Phi) is 10.2. The fourth-order valence-corrected chi connectivity index (χ4v) is 4.27. The molecular formula is C22H32ClN3O6. The summed E-state index contributed by atoms with van der Waals surface area (Å²) in [7, 11) is 1.59. The van der Waals surface area contributed by atoms with Gasteiger partial charge in [0.05, 0.1) is 18.8 Å². The number of hydrogen-bond acceptors (Lipinski definition) is 6. The lowest BCUT2D eigenvalue weighted by molar-refractivity contribution is -0.159. The topological polar surface area (TPSA) is 119 Å². The number of carbonyl (C=O) groups excluding carboxylic acids is 1. The van der Waals surface area contributed by atoms with Crippen LogP contribution in [0.2, 0.25) is 5.02 Å². The largest absolute Gasteiger partial charge is 0.495 e. The molecule has 178 valence electrons. The Morgan fingerprint density at radius 2 is 1.66 bits per heavy atom. The molecule has 0 saturated carbocycles. The Balaban J connectivity index is 0.000000534. The van der Waals surface area contributed by atoms with Crippen LogP contribution in [-0.4, -0.2) is 83.2 Å². The Labute approximate surface area is 193 Å². The summed E-state index contributed by atoms with van der Waals surface area (Å²) in [6.07, 6.45) is 6.34. The van der Waals surface area contributed by atoms with Gasteiger partial charge in [-0.15, -0.1) is 0 Å². The lowest BCUT2D eigenvalue weighted by Crippen LogP contribution is -2.51. The molecule has 3 rings (SSSR count). The molecule has 0 aliphatic carbocycles. The van der Waals surface area contributed by atoms with Gasteiger partial charge in [-0.25, -0.2) is 9.59 Å². The predicted molar refractivity (Wildman–Crippen MR) is 121 cm³/mol. The third-order valence-corrected chi connectivity index (χ3v) is 6.17. The van der Waals surface area contributed by atoms with E-state index in [1.165, 1.54) is 32.4 Å². The van der Waals surface area contributed by atoms with Crippen molar-refractivity contribution in [2.75, 3.05) is 38.6 Å². The van der Waals surface area contributed by atoms with Crippen molar-refractivity contribution in [2.45, 2.75) is 51.1 Å². The molecule has 0 spiro atoms. The number of nitrogens with one attached hydrogen (secondary N) is 1. The number of benzene rings is 1. The molecule has 2 heterocycles. The second-order valence-electron chi connectivity index (χ2n) is 7.98. The molecule has 0 radical (unpaired) electrons. The average molecular weight is 470 g/mol. The number of anilines is 1. The van der Waals surface area contributed by atoms with Crippen LogP contribution in [0.4, 0.5) is 5.69 Å². The molecule has 2 fully saturated rings. The fraction of sp³-hybridized carbons (Fsp3) is 0.591. The number of carboxylic acid groups (broad SMARTS) is 2. The van der Waals surface area contributed by atoms with Gasteiger partial charge in [0.15, 0.2) is 0 Å². The summed E-state index contributed by atoms with van der Waals surface area (Å²) in [6.45, 7) is 6.42. The van der Waals surface area contributed by atoms with Crippen molar-refractivity contribution in [3.8, 4) is 5.75 Å². The molecule has 2 saturated heterocycles. The summed E-state index contributed by atoms with van der Waals surface area (Å²) in [6, 6.07) is 5.78. The molecule has 3 N–H and O–H groups in total. The molecule has 32 heavy (non-hydrogen) atoms. The standard InChI is InChI=1S/C20H30ClN3O2.C2H2O4/c1-15(20(25)22-18-14-16(21)6-7-19(18)26-2)23-12-8-17(9-13-23)24-10-4-3-5-11-24;3-1(4)2(5)6/h6-7,14-15,17H,3-5,8-13H2,1-2H3,(H,22,25);(H,3,4)(H,5,6). The number of piperidine rings is 2. The highest BCUT2D eigenvalue weighted by Gasteiger charge is 2.30. The van der Waals surface area contributed by atoms with Crippen LogP contribution in [0.15, 0.2) is 18.2 Å². The fourth-order valence-electron chi connectivity index (χ4n) is 4.10. The van der Waals surface area contributed by atoms with Gasteiger partial charge in [0, 0.05) is 24.2 Å². The zero-order valence-electron chi connectivity index (χ0n) is 18.6. The second kappa shape index (κ2) is 12.6. The summed E-state index contributed by atoms with van der Waals surface area (Å²) >= 11 is 6.05. The zero-order chi connectivity index (χ0) is 23.7. The van der Waals surface area contributed by atoms with E-state index in [9.17, 15) is 4.79 Å². The van der Waals surface area contributed by atoms with Crippen molar-refractivity contribution < 1.29 is 29.3 Å². The first-order valence-electron chi connectivity index (χ1n) is 10.8. The summed E-state index contributed by atoms with van der Waals surface area (Å²) in [4.78, 5) is 35.9. The quantitative estimate of drug-likeness (QED) is 0.563. The number of nitrogens with zero attached hydrogens (tertiary/aromatic N) is 2. The minimum absolute atomic E-state index is 0.0120. The van der Waals surface area contributed by atoms with E-state index >= 15 is 0 Å². The third kappa shape index (κ3) is 7.65. The van der Waals surface area contributed by atoms with Gasteiger partial charge in [0.25, 0.3) is 0 Å². The molecule has 1 unspecified atom stereocenters. The Hall–Kier alpha value is -2.36. The third-order valence-electron chi connectivity index (χ3n) is 5.94. The van der Waals surface area contributed by atoms with E-state index in [-0.39, 0.29) is 11.9 Å². The number of carbonyl (C=O) groups is 3. The molecule has 10 heteroatoms. The van der Waals surface area contributed by atoms with Crippen molar-refractivity contribution in [1.29, 1.82) is 0 Å². The number of carboxylic acids is 2. The van der Waals surface area contributed by atoms with Crippen molar-refractivity contribution in [3.05, 3.63) is 23.2 Å². The van der Waals surface area contributed by atoms with Crippen LogP contribution in [0.3, 0.4) is 0 Å². The number of ether oxygens (including phenoxy) is 1. The van der Waals surface area contributed by atoms with Crippen LogP contribution in [0.1, 0.15) is 39.0 Å². The number of methoxy groups -OCH3 is 1. The lowest BCUT2D eigenvalue weighted by Gasteiger charge is -2.41. The minimum Gasteiger partial charge on any atom is -0.495 e. The maximum Gasteiger partial charge on any atom is 0.414 e. The predicted octanol–water partition coefficient (Wildman–Crippen LogP) is 2.78. The van der Waals surface area contributed by atoms with E-state index < -0.39 is 11.9 Å². The average Bonchev–Trinajstić information content (AvgIpc) is 2.80. The molecule has 9 nitrogen and oxygen atoms in total. The first kappa shape index (κ1) is 25.9. The van der Waals surface area contributed by atoms with Crippen molar-refractivity contribution in [3.63, 3.8) is 0 Å². The maximum atomic E-state index is 12.7. The van der Waals surface area contributed by atoms with E-state index in [4.69, 9.17) is 36.1 Å². The van der Waals surface area contributed by atoms with E-state index in [0.29, 0.717) is 22.5 Å². The molecule has 0 aromatic heterocycles. The summed E-state index contributed by atoms with van der Waals surface area (Å²) < 4.78 is 5.32. The Morgan fingerprint density at radius 1 is 1.06 bits per heavy atom. The summed E-state index contributed by atoms with van der Waals surface area (Å²) in [5, 5.41) is 18.3. The molecule has 1 amide bonds. The minimum atomic E-state index is -1.82. The van der Waals surface area contributed by atoms with E-state index in [1.807, 2.05) is 6.92 Å². The van der Waals surface area contributed by atoms with Crippen LogP contribution >= 0.6 is 11.6 Å². The molecule has 1 atom stereocenters. The van der Waals surface area contributed by atoms with Crippen LogP contribution < -0.4 is 10.1 Å². The van der Waals surface area contributed by atoms with Gasteiger partial charge < -0.3 is 25.2 Å². The van der Waals surface area contributed by atoms with Crippen LogP contribution in [0, 0.1) is 0 Å². The van der Waals surface area contributed by atoms with E-state index in [0.717, 1.165) is 25.9 Å². The number of rotatable bonds is 5. The normalized spacial score (nSPS) is 18.7. The smallest absolute Gasteiger partial charge is 0.414 e. The summed E-state index contributed by atoms with van der Waals surface area (Å²) in [5.74, 6) is -3.04. The lowest BCUT2D eigenvalue weighted by atomic mass is 9.99. The van der Waals surface area contributed by atoms with Gasteiger partial charge >= 0.3 is 11.9 Å². The number of hydrogen-bond donors (Lipinski definition) is 3. The highest BCUT2D eigenvalue weighted by Crippen LogP contribution is 2.28. The molecule has 0 bridgehead atoms. The van der Waals surface area contributed by atoms with Gasteiger partial charge in [-0.05, 0) is 63.9 Å². The van der Waals surface area contributed by atoms with Gasteiger partial charge in [-0.1, -0.05) is 18.0 Å². The summed E-state index contributed by atoms with van der Waals surface area (Å²) in [5.41, 5.74) is 0.625. The van der Waals surface area contributed by atoms with Crippen LogP contribution in [0.25, 0.3) is 0 Å². The first-order chi connectivity index (χ1) is 15.2. The van der Waals surface area contributed by atoms with Gasteiger partial charge in [-0.3, -0.25) is 9.69 Å². The van der Waals surface area contributed by atoms with E-state index in [2.05, 4.69) is 15.1 Å². The molecule has 2 aliphatic heterocycles. The monoisotopic (exact) mass is 469 g/mol. The zero-order valence-corrected chi connectivity index (χ0v) is 19.3. The number of likely N-dealkylation sites (tertiary alicyclic amines) is 2. The van der Waals surface area contributed by atoms with Crippen molar-refractivity contribution in [2.24, 2.45) is 0 Å². The van der Waals surface area contributed by atoms with E-state index in [1.54, 1.807) is 25.3 Å². The van der Waals surface area contributed by atoms with Gasteiger partial charge in [0.2, 0.25) is 5.91 Å². The number of aliphatic carboxylic acids is 2. The highest BCUT2D eigenvalue weighted by molar-refractivity contribution is 6.31. The molecular weight excluding hydrogens is 438 g/mol. The number of amides is 1. The Morgan fingerprint density at radius 3 is 2.19 bits per heavy atom. The van der Waals surface area contributed by atoms with Gasteiger partial charge in [0.1, 0.15) is 5.75 Å². The van der Waals surface area contributed by atoms with Crippen LogP contribution in [0.5, 0.6) is 5.75 Å². The molecule has 1 aromatic carbocycles. The first-order valence-corrected chi connectivity index (χ1v) is 11.2. The van der Waals surface area contributed by atoms with Crippen molar-refractivity contribution in [1.82, 2.24) is 9.80 Å². The van der Waals surface area contributed by atoms with Crippen molar-refractivity contribution >= 4 is 35.1 Å². The second-order valence-corrected chi connectivity index (χ2v) is 8.42. The molecule has 2 aliphatic rings. The van der Waals surface area contributed by atoms with Gasteiger partial charge in [-0.2, -0.15) is 0 Å². The number of halogens is 1. The highest BCUT2D eigenvalue weighted by atomic mass is 35.5. The Bertz CT molecular complexity index is 780. The van der Waals surface area contributed by atoms with Crippen LogP contribution in [-0.2, 0) is 14.4 Å². The SMILES string of the molecule is COc1ccc(Cl)cc1NC(=O)C(C)N1CCC(N2CCCCC2)CC1.O=C(O)C(=O)O. The molecule has 1 aromatic rings.